The van der Waals surface area contributed by atoms with Gasteiger partial charge in [-0.1, -0.05) is 17.4 Å². The lowest BCUT2D eigenvalue weighted by Crippen LogP contribution is -2.14. The molecular weight excluding hydrogens is 405 g/mol. The van der Waals surface area contributed by atoms with Crippen molar-refractivity contribution in [2.45, 2.75) is 6.92 Å². The van der Waals surface area contributed by atoms with E-state index in [1.165, 1.54) is 30.7 Å². The average Bonchev–Trinajstić information content (AvgIpc) is 3.22. The Kier molecular flexibility index (Phi) is 5.44. The molecular formula is C21H16FN5O2S. The van der Waals surface area contributed by atoms with Crippen molar-refractivity contribution in [3.63, 3.8) is 0 Å². The molecule has 1 aromatic carbocycles. The third-order valence-corrected chi connectivity index (χ3v) is 5.21. The van der Waals surface area contributed by atoms with E-state index in [-0.39, 0.29) is 11.1 Å². The molecule has 4 aromatic rings. The van der Waals surface area contributed by atoms with Crippen LogP contribution in [0.4, 0.5) is 9.52 Å². The number of halogens is 1. The molecule has 0 atom stereocenters. The van der Waals surface area contributed by atoms with Crippen molar-refractivity contribution in [2.75, 3.05) is 12.4 Å². The van der Waals surface area contributed by atoms with Crippen molar-refractivity contribution in [3.05, 3.63) is 72.1 Å². The smallest absolute Gasteiger partial charge is 0.259 e. The zero-order valence-corrected chi connectivity index (χ0v) is 16.9. The Balaban J connectivity index is 1.69. The second-order valence-corrected chi connectivity index (χ2v) is 7.27. The SMILES string of the molecule is COc1cccc(F)c1-c1cc(C)ncc1C(=O)Nc1nnc(-c2ccncc2)s1. The molecule has 0 fully saturated rings. The van der Waals surface area contributed by atoms with Crippen LogP contribution in [-0.4, -0.2) is 33.2 Å². The first-order valence-corrected chi connectivity index (χ1v) is 9.73. The molecule has 30 heavy (non-hydrogen) atoms. The number of anilines is 1. The molecule has 0 aliphatic rings. The first kappa shape index (κ1) is 19.6. The van der Waals surface area contributed by atoms with E-state index < -0.39 is 11.7 Å². The van der Waals surface area contributed by atoms with Gasteiger partial charge in [0.15, 0.2) is 0 Å². The highest BCUT2D eigenvalue weighted by atomic mass is 32.1. The van der Waals surface area contributed by atoms with Gasteiger partial charge in [-0.3, -0.25) is 20.1 Å². The number of methoxy groups -OCH3 is 1. The highest BCUT2D eigenvalue weighted by Gasteiger charge is 2.21. The molecule has 150 valence electrons. The van der Waals surface area contributed by atoms with Gasteiger partial charge >= 0.3 is 0 Å². The van der Waals surface area contributed by atoms with Crippen LogP contribution < -0.4 is 10.1 Å². The van der Waals surface area contributed by atoms with Crippen LogP contribution >= 0.6 is 11.3 Å². The van der Waals surface area contributed by atoms with Gasteiger partial charge < -0.3 is 4.74 Å². The second kappa shape index (κ2) is 8.34. The Morgan fingerprint density at radius 1 is 1.17 bits per heavy atom. The number of rotatable bonds is 5. The predicted molar refractivity (Wildman–Crippen MR) is 112 cm³/mol. The van der Waals surface area contributed by atoms with Crippen LogP contribution in [0, 0.1) is 12.7 Å². The van der Waals surface area contributed by atoms with Crippen LogP contribution in [0.1, 0.15) is 16.1 Å². The maximum Gasteiger partial charge on any atom is 0.259 e. The van der Waals surface area contributed by atoms with E-state index in [0.717, 1.165) is 5.56 Å². The third kappa shape index (κ3) is 3.87. The molecule has 4 rings (SSSR count). The number of carbonyl (C=O) groups is 1. The normalized spacial score (nSPS) is 10.6. The number of carbonyl (C=O) groups excluding carboxylic acids is 1. The zero-order valence-electron chi connectivity index (χ0n) is 16.1. The van der Waals surface area contributed by atoms with Gasteiger partial charge in [0, 0.05) is 35.4 Å². The van der Waals surface area contributed by atoms with E-state index in [1.807, 2.05) is 0 Å². The first-order valence-electron chi connectivity index (χ1n) is 8.91. The van der Waals surface area contributed by atoms with Crippen LogP contribution in [0.2, 0.25) is 0 Å². The summed E-state index contributed by atoms with van der Waals surface area (Å²) in [5.41, 5.74) is 2.27. The molecule has 1 amide bonds. The number of hydrogen-bond acceptors (Lipinski definition) is 7. The number of ether oxygens (including phenoxy) is 1. The van der Waals surface area contributed by atoms with E-state index in [9.17, 15) is 9.18 Å². The summed E-state index contributed by atoms with van der Waals surface area (Å²) in [5.74, 6) is -0.643. The van der Waals surface area contributed by atoms with Crippen LogP contribution in [0.15, 0.2) is 55.0 Å². The van der Waals surface area contributed by atoms with Gasteiger partial charge in [0.25, 0.3) is 5.91 Å². The second-order valence-electron chi connectivity index (χ2n) is 6.29. The lowest BCUT2D eigenvalue weighted by atomic mass is 9.98. The van der Waals surface area contributed by atoms with E-state index in [2.05, 4.69) is 25.5 Å². The minimum absolute atomic E-state index is 0.199. The van der Waals surface area contributed by atoms with Crippen molar-refractivity contribution in [3.8, 4) is 27.4 Å². The van der Waals surface area contributed by atoms with Gasteiger partial charge in [-0.05, 0) is 37.3 Å². The molecule has 0 aliphatic carbocycles. The quantitative estimate of drug-likeness (QED) is 0.515. The Morgan fingerprint density at radius 3 is 2.73 bits per heavy atom. The van der Waals surface area contributed by atoms with Crippen LogP contribution in [0.5, 0.6) is 5.75 Å². The lowest BCUT2D eigenvalue weighted by Gasteiger charge is -2.14. The topological polar surface area (TPSA) is 89.9 Å². The largest absolute Gasteiger partial charge is 0.496 e. The fourth-order valence-corrected chi connectivity index (χ4v) is 3.68. The van der Waals surface area contributed by atoms with Gasteiger partial charge in [-0.25, -0.2) is 4.39 Å². The van der Waals surface area contributed by atoms with Crippen molar-refractivity contribution in [1.29, 1.82) is 0 Å². The Morgan fingerprint density at radius 2 is 1.97 bits per heavy atom. The van der Waals surface area contributed by atoms with Crippen molar-refractivity contribution in [2.24, 2.45) is 0 Å². The fraction of sp³-hybridized carbons (Fsp3) is 0.0952. The predicted octanol–water partition coefficient (Wildman–Crippen LogP) is 4.37. The monoisotopic (exact) mass is 421 g/mol. The number of aryl methyl sites for hydroxylation is 1. The summed E-state index contributed by atoms with van der Waals surface area (Å²) in [7, 11) is 1.45. The molecule has 3 aromatic heterocycles. The molecule has 1 N–H and O–H groups in total. The summed E-state index contributed by atoms with van der Waals surface area (Å²) in [4.78, 5) is 21.2. The number of pyridine rings is 2. The summed E-state index contributed by atoms with van der Waals surface area (Å²) in [6.45, 7) is 1.77. The summed E-state index contributed by atoms with van der Waals surface area (Å²) in [5, 5.41) is 11.8. The molecule has 0 saturated heterocycles. The van der Waals surface area contributed by atoms with E-state index in [0.29, 0.717) is 27.1 Å². The minimum atomic E-state index is -0.495. The summed E-state index contributed by atoms with van der Waals surface area (Å²) >= 11 is 1.22. The average molecular weight is 421 g/mol. The molecule has 7 nitrogen and oxygen atoms in total. The maximum absolute atomic E-state index is 14.7. The molecule has 0 saturated carbocycles. The standard InChI is InChI=1S/C21H16FN5O2S/c1-12-10-14(18-16(22)4-3-5-17(18)29-2)15(11-24-12)19(28)25-21-27-26-20(30-21)13-6-8-23-9-7-13/h3-11H,1-2H3,(H,25,27,28). The highest BCUT2D eigenvalue weighted by molar-refractivity contribution is 7.18. The number of hydrogen-bond donors (Lipinski definition) is 1. The van der Waals surface area contributed by atoms with Crippen LogP contribution in [0.3, 0.4) is 0 Å². The van der Waals surface area contributed by atoms with Gasteiger partial charge in [-0.15, -0.1) is 10.2 Å². The summed E-state index contributed by atoms with van der Waals surface area (Å²) in [6, 6.07) is 9.77. The van der Waals surface area contributed by atoms with E-state index in [1.54, 1.807) is 49.6 Å². The molecule has 0 unspecified atom stereocenters. The molecule has 0 radical (unpaired) electrons. The maximum atomic E-state index is 14.7. The number of nitrogens with one attached hydrogen (secondary N) is 1. The van der Waals surface area contributed by atoms with Crippen molar-refractivity contribution >= 4 is 22.4 Å². The number of amides is 1. The first-order chi connectivity index (χ1) is 14.6. The Hall–Kier alpha value is -3.72. The minimum Gasteiger partial charge on any atom is -0.496 e. The van der Waals surface area contributed by atoms with E-state index in [4.69, 9.17) is 4.74 Å². The Labute approximate surface area is 175 Å². The van der Waals surface area contributed by atoms with Crippen LogP contribution in [-0.2, 0) is 0 Å². The Bertz CT molecular complexity index is 1210. The van der Waals surface area contributed by atoms with Gasteiger partial charge in [0.2, 0.25) is 5.13 Å². The zero-order chi connectivity index (χ0) is 21.1. The van der Waals surface area contributed by atoms with Gasteiger partial charge in [0.05, 0.1) is 18.2 Å². The number of benzene rings is 1. The van der Waals surface area contributed by atoms with Crippen LogP contribution in [0.25, 0.3) is 21.7 Å². The molecule has 0 aliphatic heterocycles. The van der Waals surface area contributed by atoms with Crippen molar-refractivity contribution in [1.82, 2.24) is 20.2 Å². The molecule has 3 heterocycles. The molecule has 9 heteroatoms. The highest BCUT2D eigenvalue weighted by Crippen LogP contribution is 2.35. The molecule has 0 bridgehead atoms. The molecule has 0 spiro atoms. The van der Waals surface area contributed by atoms with Gasteiger partial charge in [-0.2, -0.15) is 0 Å². The lowest BCUT2D eigenvalue weighted by molar-refractivity contribution is 0.102. The van der Waals surface area contributed by atoms with Gasteiger partial charge in [0.1, 0.15) is 16.6 Å². The summed E-state index contributed by atoms with van der Waals surface area (Å²) < 4.78 is 20.0. The van der Waals surface area contributed by atoms with Crippen molar-refractivity contribution < 1.29 is 13.9 Å². The summed E-state index contributed by atoms with van der Waals surface area (Å²) in [6.07, 6.45) is 4.72. The number of nitrogens with zero attached hydrogens (tertiary/aromatic N) is 4. The third-order valence-electron chi connectivity index (χ3n) is 4.32. The van der Waals surface area contributed by atoms with E-state index >= 15 is 0 Å². The fourth-order valence-electron chi connectivity index (χ4n) is 2.93. The number of aromatic nitrogens is 4.